The Morgan fingerprint density at radius 3 is 2.33 bits per heavy atom. The first-order valence-corrected chi connectivity index (χ1v) is 14.7. The highest BCUT2D eigenvalue weighted by atomic mass is 16.6. The molecule has 3 N–H and O–H groups in total. The Bertz CT molecular complexity index is 1470. The SMILES string of the molecule is O=C(O)COC(C(=O)O)C(OCCCCCc1ccc2ccccc2c1)C(=O)NCCCCCc1nc2ccccc2o1. The molecule has 10 nitrogen and oxygen atoms in total. The average molecular weight is 591 g/mol. The highest BCUT2D eigenvalue weighted by Crippen LogP contribution is 2.18. The van der Waals surface area contributed by atoms with Gasteiger partial charge in [-0.2, -0.15) is 0 Å². The number of unbranched alkanes of at least 4 members (excludes halogenated alkanes) is 4. The van der Waals surface area contributed by atoms with Crippen LogP contribution in [0.2, 0.25) is 0 Å². The zero-order valence-corrected chi connectivity index (χ0v) is 24.1. The first-order chi connectivity index (χ1) is 20.9. The number of aliphatic carboxylic acids is 2. The van der Waals surface area contributed by atoms with Crippen molar-refractivity contribution in [1.29, 1.82) is 0 Å². The van der Waals surface area contributed by atoms with Gasteiger partial charge < -0.3 is 29.4 Å². The number of para-hydroxylation sites is 2. The monoisotopic (exact) mass is 590 g/mol. The Morgan fingerprint density at radius 1 is 0.791 bits per heavy atom. The van der Waals surface area contributed by atoms with Crippen LogP contribution in [0, 0.1) is 0 Å². The van der Waals surface area contributed by atoms with Crippen LogP contribution in [-0.2, 0) is 36.7 Å². The van der Waals surface area contributed by atoms with Crippen LogP contribution in [0.5, 0.6) is 0 Å². The lowest BCUT2D eigenvalue weighted by Crippen LogP contribution is -2.49. The normalized spacial score (nSPS) is 12.7. The molecule has 0 bridgehead atoms. The van der Waals surface area contributed by atoms with Gasteiger partial charge >= 0.3 is 11.9 Å². The second kappa shape index (κ2) is 16.4. The molecule has 2 atom stereocenters. The van der Waals surface area contributed by atoms with Crippen LogP contribution in [-0.4, -0.2) is 65.0 Å². The van der Waals surface area contributed by atoms with E-state index in [2.05, 4.69) is 40.6 Å². The lowest BCUT2D eigenvalue weighted by molar-refractivity contribution is -0.172. The molecule has 0 aliphatic carbocycles. The first kappa shape index (κ1) is 31.7. The van der Waals surface area contributed by atoms with Gasteiger partial charge in [0.15, 0.2) is 23.7 Å². The molecule has 3 aromatic carbocycles. The van der Waals surface area contributed by atoms with Gasteiger partial charge in [0, 0.05) is 19.6 Å². The summed E-state index contributed by atoms with van der Waals surface area (Å²) in [5.41, 5.74) is 2.80. The fraction of sp³-hybridized carbons (Fsp3) is 0.394. The standard InChI is InChI=1S/C33H38N2O8/c36-29(37)22-42-31(33(39)40)30(41-20-10-2-3-11-23-17-18-24-12-5-6-13-25(24)21-23)32(38)34-19-9-1-4-16-28-35-26-14-7-8-15-27(26)43-28/h5-8,12-15,17-18,21,30-31H,1-4,9-11,16,19-20,22H2,(H,34,38)(H,36,37)(H,39,40). The molecule has 10 heteroatoms. The third kappa shape index (κ3) is 9.90. The van der Waals surface area contributed by atoms with Crippen molar-refractivity contribution in [3.63, 3.8) is 0 Å². The zero-order chi connectivity index (χ0) is 30.4. The minimum absolute atomic E-state index is 0.139. The molecular weight excluding hydrogens is 552 g/mol. The number of carbonyl (C=O) groups is 3. The predicted molar refractivity (Wildman–Crippen MR) is 161 cm³/mol. The molecule has 0 saturated carbocycles. The number of aromatic nitrogens is 1. The lowest BCUT2D eigenvalue weighted by Gasteiger charge is -2.23. The first-order valence-electron chi connectivity index (χ1n) is 14.7. The van der Waals surface area contributed by atoms with Crippen LogP contribution in [0.1, 0.15) is 50.0 Å². The Morgan fingerprint density at radius 2 is 1.53 bits per heavy atom. The second-order valence-corrected chi connectivity index (χ2v) is 10.4. The largest absolute Gasteiger partial charge is 0.480 e. The smallest absolute Gasteiger partial charge is 0.336 e. The number of nitrogens with zero attached hydrogens (tertiary/aromatic N) is 1. The van der Waals surface area contributed by atoms with Crippen molar-refractivity contribution in [1.82, 2.24) is 10.3 Å². The van der Waals surface area contributed by atoms with Crippen molar-refractivity contribution in [2.24, 2.45) is 0 Å². The molecule has 4 aromatic rings. The summed E-state index contributed by atoms with van der Waals surface area (Å²) in [7, 11) is 0. The molecule has 1 aromatic heterocycles. The van der Waals surface area contributed by atoms with Gasteiger partial charge in [-0.3, -0.25) is 4.79 Å². The molecule has 0 aliphatic rings. The Labute approximate surface area is 250 Å². The summed E-state index contributed by atoms with van der Waals surface area (Å²) < 4.78 is 16.5. The van der Waals surface area contributed by atoms with Gasteiger partial charge in [-0.05, 0) is 60.6 Å². The number of carbonyl (C=O) groups excluding carboxylic acids is 1. The number of nitrogens with one attached hydrogen (secondary N) is 1. The molecule has 4 rings (SSSR count). The molecule has 2 unspecified atom stereocenters. The summed E-state index contributed by atoms with van der Waals surface area (Å²) in [6, 6.07) is 22.2. The summed E-state index contributed by atoms with van der Waals surface area (Å²) in [5, 5.41) is 23.7. The molecule has 0 spiro atoms. The molecule has 0 radical (unpaired) electrons. The quantitative estimate of drug-likeness (QED) is 0.126. The maximum Gasteiger partial charge on any atom is 0.336 e. The predicted octanol–water partition coefficient (Wildman–Crippen LogP) is 5.16. The summed E-state index contributed by atoms with van der Waals surface area (Å²) in [5.74, 6) is -2.78. The number of hydrogen-bond acceptors (Lipinski definition) is 7. The number of ether oxygens (including phenoxy) is 2. The van der Waals surface area contributed by atoms with Crippen LogP contribution in [0.15, 0.2) is 71.1 Å². The van der Waals surface area contributed by atoms with E-state index in [1.807, 2.05) is 36.4 Å². The molecule has 1 amide bonds. The van der Waals surface area contributed by atoms with Crippen LogP contribution in [0.3, 0.4) is 0 Å². The van der Waals surface area contributed by atoms with E-state index >= 15 is 0 Å². The minimum atomic E-state index is -1.74. The van der Waals surface area contributed by atoms with Crippen molar-refractivity contribution >= 4 is 39.7 Å². The number of benzene rings is 3. The van der Waals surface area contributed by atoms with E-state index < -0.39 is 36.7 Å². The van der Waals surface area contributed by atoms with Crippen molar-refractivity contribution in [2.75, 3.05) is 19.8 Å². The van der Waals surface area contributed by atoms with Gasteiger partial charge in [0.2, 0.25) is 0 Å². The van der Waals surface area contributed by atoms with Crippen molar-refractivity contribution < 1.29 is 38.5 Å². The molecule has 0 fully saturated rings. The van der Waals surface area contributed by atoms with E-state index in [9.17, 15) is 19.5 Å². The molecular formula is C33H38N2O8. The average Bonchev–Trinajstić information content (AvgIpc) is 3.42. The number of oxazole rings is 1. The second-order valence-electron chi connectivity index (χ2n) is 10.4. The van der Waals surface area contributed by atoms with Gasteiger partial charge in [0.1, 0.15) is 12.1 Å². The summed E-state index contributed by atoms with van der Waals surface area (Å²) in [6.45, 7) is -0.407. The van der Waals surface area contributed by atoms with Crippen LogP contribution in [0.4, 0.5) is 0 Å². The third-order valence-corrected chi connectivity index (χ3v) is 7.09. The van der Waals surface area contributed by atoms with Gasteiger partial charge in [-0.25, -0.2) is 14.6 Å². The topological polar surface area (TPSA) is 148 Å². The third-order valence-electron chi connectivity index (χ3n) is 7.09. The van der Waals surface area contributed by atoms with E-state index in [0.29, 0.717) is 31.7 Å². The van der Waals surface area contributed by atoms with Crippen LogP contribution >= 0.6 is 0 Å². The summed E-state index contributed by atoms with van der Waals surface area (Å²) in [6.07, 6.45) is 2.92. The molecule has 228 valence electrons. The maximum absolute atomic E-state index is 12.9. The summed E-state index contributed by atoms with van der Waals surface area (Å²) in [4.78, 5) is 40.3. The molecule has 1 heterocycles. The van der Waals surface area contributed by atoms with E-state index in [1.165, 1.54) is 16.3 Å². The van der Waals surface area contributed by atoms with Gasteiger partial charge in [0.05, 0.1) is 0 Å². The van der Waals surface area contributed by atoms with Gasteiger partial charge in [-0.15, -0.1) is 0 Å². The van der Waals surface area contributed by atoms with Crippen molar-refractivity contribution in [2.45, 2.75) is 63.6 Å². The van der Waals surface area contributed by atoms with Gasteiger partial charge in [-0.1, -0.05) is 67.4 Å². The number of rotatable bonds is 19. The fourth-order valence-electron chi connectivity index (χ4n) is 4.88. The fourth-order valence-corrected chi connectivity index (χ4v) is 4.88. The highest BCUT2D eigenvalue weighted by molar-refractivity contribution is 5.88. The maximum atomic E-state index is 12.9. The number of fused-ring (bicyclic) bond motifs is 2. The van der Waals surface area contributed by atoms with Crippen LogP contribution in [0.25, 0.3) is 21.9 Å². The van der Waals surface area contributed by atoms with Crippen LogP contribution < -0.4 is 5.32 Å². The number of aryl methyl sites for hydroxylation is 2. The minimum Gasteiger partial charge on any atom is -0.480 e. The number of carboxylic acids is 2. The Hall–Kier alpha value is -4.28. The lowest BCUT2D eigenvalue weighted by atomic mass is 10.0. The number of carboxylic acid groups (broad SMARTS) is 2. The molecule has 43 heavy (non-hydrogen) atoms. The number of amides is 1. The van der Waals surface area contributed by atoms with E-state index in [-0.39, 0.29) is 6.61 Å². The Balaban J connectivity index is 1.20. The number of hydrogen-bond donors (Lipinski definition) is 3. The highest BCUT2D eigenvalue weighted by Gasteiger charge is 2.36. The van der Waals surface area contributed by atoms with E-state index in [4.69, 9.17) is 19.0 Å². The summed E-state index contributed by atoms with van der Waals surface area (Å²) >= 11 is 0. The van der Waals surface area contributed by atoms with Gasteiger partial charge in [0.25, 0.3) is 5.91 Å². The van der Waals surface area contributed by atoms with E-state index in [1.54, 1.807) is 0 Å². The van der Waals surface area contributed by atoms with Crippen molar-refractivity contribution in [3.05, 3.63) is 78.2 Å². The Kier molecular flexibility index (Phi) is 12.1. The molecule has 0 aliphatic heterocycles. The van der Waals surface area contributed by atoms with E-state index in [0.717, 1.165) is 43.2 Å². The molecule has 0 saturated heterocycles. The zero-order valence-electron chi connectivity index (χ0n) is 24.1. The van der Waals surface area contributed by atoms with Crippen molar-refractivity contribution in [3.8, 4) is 0 Å².